The van der Waals surface area contributed by atoms with Crippen molar-refractivity contribution in [2.24, 2.45) is 0 Å². The van der Waals surface area contributed by atoms with E-state index in [2.05, 4.69) is 16.1 Å². The molecule has 0 radical (unpaired) electrons. The number of benzene rings is 3. The van der Waals surface area contributed by atoms with E-state index in [4.69, 9.17) is 4.74 Å². The van der Waals surface area contributed by atoms with E-state index in [0.29, 0.717) is 22.7 Å². The number of ether oxygens (including phenoxy) is 1. The van der Waals surface area contributed by atoms with Crippen molar-refractivity contribution in [1.82, 2.24) is 0 Å². The molecule has 0 saturated carbocycles. The number of hydrogen-bond donors (Lipinski definition) is 2. The van der Waals surface area contributed by atoms with Crippen LogP contribution in [0.1, 0.15) is 16.7 Å². The molecule has 30 heavy (non-hydrogen) atoms. The molecular weight excluding hydrogens is 400 g/mol. The number of para-hydroxylation sites is 1. The molecule has 7 heteroatoms. The average Bonchev–Trinajstić information content (AvgIpc) is 2.63. The molecule has 0 unspecified atom stereocenters. The molecule has 0 aromatic heterocycles. The Morgan fingerprint density at radius 1 is 0.900 bits per heavy atom. The monoisotopic (exact) mass is 424 g/mol. The molecule has 0 spiro atoms. The lowest BCUT2D eigenvalue weighted by Crippen LogP contribution is -2.17. The first-order valence-corrected chi connectivity index (χ1v) is 11.3. The maximum Gasteiger partial charge on any atom is 0.229 e. The molecule has 0 saturated heterocycles. The third-order valence-corrected chi connectivity index (χ3v) is 4.82. The Kier molecular flexibility index (Phi) is 6.42. The molecule has 0 bridgehead atoms. The van der Waals surface area contributed by atoms with Crippen molar-refractivity contribution in [2.75, 3.05) is 16.3 Å². The van der Waals surface area contributed by atoms with Gasteiger partial charge in [-0.2, -0.15) is 0 Å². The number of hydrogen-bond acceptors (Lipinski definition) is 4. The van der Waals surface area contributed by atoms with Gasteiger partial charge in [-0.15, -0.1) is 0 Å². The summed E-state index contributed by atoms with van der Waals surface area (Å²) in [6.45, 7) is 4.03. The predicted octanol–water partition coefficient (Wildman–Crippen LogP) is 4.65. The molecule has 0 heterocycles. The van der Waals surface area contributed by atoms with Gasteiger partial charge in [-0.3, -0.25) is 9.52 Å². The Hall–Kier alpha value is -3.32. The number of sulfonamides is 1. The highest BCUT2D eigenvalue weighted by Crippen LogP contribution is 2.25. The summed E-state index contributed by atoms with van der Waals surface area (Å²) in [6, 6.07) is 19.9. The average molecular weight is 425 g/mol. The highest BCUT2D eigenvalue weighted by atomic mass is 32.2. The van der Waals surface area contributed by atoms with Crippen LogP contribution in [-0.2, 0) is 21.2 Å². The Bertz CT molecular complexity index is 1140. The quantitative estimate of drug-likeness (QED) is 0.578. The molecule has 0 aliphatic heterocycles. The SMILES string of the molecule is Cc1cc(C)cc(Oc2ccc(NC(=O)Cc3ccccc3NS(C)(=O)=O)cc2)c1. The van der Waals surface area contributed by atoms with Gasteiger partial charge in [-0.25, -0.2) is 8.42 Å². The van der Waals surface area contributed by atoms with Crippen LogP contribution in [0.15, 0.2) is 66.7 Å². The van der Waals surface area contributed by atoms with Gasteiger partial charge < -0.3 is 10.1 Å². The number of nitrogens with one attached hydrogen (secondary N) is 2. The summed E-state index contributed by atoms with van der Waals surface area (Å²) in [5, 5.41) is 2.82. The van der Waals surface area contributed by atoms with Gasteiger partial charge in [0.25, 0.3) is 0 Å². The Labute approximate surface area is 177 Å². The molecule has 1 amide bonds. The van der Waals surface area contributed by atoms with Gasteiger partial charge in [0.15, 0.2) is 0 Å². The maximum atomic E-state index is 12.4. The van der Waals surface area contributed by atoms with Crippen LogP contribution in [0.25, 0.3) is 0 Å². The molecule has 0 atom stereocenters. The van der Waals surface area contributed by atoms with E-state index in [-0.39, 0.29) is 12.3 Å². The molecule has 156 valence electrons. The van der Waals surface area contributed by atoms with Crippen molar-refractivity contribution in [3.63, 3.8) is 0 Å². The molecule has 3 aromatic rings. The van der Waals surface area contributed by atoms with Crippen molar-refractivity contribution in [3.05, 3.63) is 83.4 Å². The zero-order valence-corrected chi connectivity index (χ0v) is 17.9. The lowest BCUT2D eigenvalue weighted by Gasteiger charge is -2.12. The van der Waals surface area contributed by atoms with Crippen molar-refractivity contribution >= 4 is 27.3 Å². The fourth-order valence-corrected chi connectivity index (χ4v) is 3.68. The van der Waals surface area contributed by atoms with Gasteiger partial charge in [-0.05, 0) is 73.0 Å². The van der Waals surface area contributed by atoms with Crippen LogP contribution in [-0.4, -0.2) is 20.6 Å². The number of carbonyl (C=O) groups is 1. The zero-order chi connectivity index (χ0) is 21.7. The van der Waals surface area contributed by atoms with Crippen LogP contribution in [0, 0.1) is 13.8 Å². The van der Waals surface area contributed by atoms with Gasteiger partial charge in [0.2, 0.25) is 15.9 Å². The lowest BCUT2D eigenvalue weighted by atomic mass is 10.1. The molecule has 3 aromatic carbocycles. The van der Waals surface area contributed by atoms with E-state index in [1.807, 2.05) is 26.0 Å². The van der Waals surface area contributed by atoms with Gasteiger partial charge in [0.05, 0.1) is 18.4 Å². The van der Waals surface area contributed by atoms with E-state index >= 15 is 0 Å². The lowest BCUT2D eigenvalue weighted by molar-refractivity contribution is -0.115. The number of anilines is 2. The number of aryl methyl sites for hydroxylation is 2. The van der Waals surface area contributed by atoms with Crippen LogP contribution in [0.5, 0.6) is 11.5 Å². The zero-order valence-electron chi connectivity index (χ0n) is 17.1. The van der Waals surface area contributed by atoms with Crippen LogP contribution in [0.3, 0.4) is 0 Å². The van der Waals surface area contributed by atoms with Gasteiger partial charge in [-0.1, -0.05) is 24.3 Å². The summed E-state index contributed by atoms with van der Waals surface area (Å²) in [6.07, 6.45) is 1.12. The highest BCUT2D eigenvalue weighted by molar-refractivity contribution is 7.92. The Morgan fingerprint density at radius 2 is 1.53 bits per heavy atom. The van der Waals surface area contributed by atoms with E-state index in [1.165, 1.54) is 0 Å². The summed E-state index contributed by atoms with van der Waals surface area (Å²) in [5.74, 6) is 1.18. The molecule has 3 rings (SSSR count). The summed E-state index contributed by atoms with van der Waals surface area (Å²) in [7, 11) is -3.43. The first kappa shape index (κ1) is 21.4. The summed E-state index contributed by atoms with van der Waals surface area (Å²) in [5.41, 5.74) is 3.86. The second kappa shape index (κ2) is 9.00. The van der Waals surface area contributed by atoms with E-state index in [9.17, 15) is 13.2 Å². The van der Waals surface area contributed by atoms with Crippen molar-refractivity contribution in [3.8, 4) is 11.5 Å². The minimum absolute atomic E-state index is 0.0412. The number of carbonyl (C=O) groups excluding carboxylic acids is 1. The smallest absolute Gasteiger partial charge is 0.229 e. The van der Waals surface area contributed by atoms with Crippen molar-refractivity contribution in [1.29, 1.82) is 0 Å². The topological polar surface area (TPSA) is 84.5 Å². The Morgan fingerprint density at radius 3 is 2.17 bits per heavy atom. The highest BCUT2D eigenvalue weighted by Gasteiger charge is 2.11. The summed E-state index contributed by atoms with van der Waals surface area (Å²) < 4.78 is 31.3. The van der Waals surface area contributed by atoms with Crippen LogP contribution < -0.4 is 14.8 Å². The third-order valence-electron chi connectivity index (χ3n) is 4.23. The first-order valence-electron chi connectivity index (χ1n) is 9.40. The second-order valence-corrected chi connectivity index (χ2v) is 8.95. The van der Waals surface area contributed by atoms with Crippen molar-refractivity contribution < 1.29 is 17.9 Å². The maximum absolute atomic E-state index is 12.4. The first-order chi connectivity index (χ1) is 14.2. The molecule has 6 nitrogen and oxygen atoms in total. The molecule has 0 aliphatic rings. The van der Waals surface area contributed by atoms with Crippen LogP contribution in [0.2, 0.25) is 0 Å². The van der Waals surface area contributed by atoms with Crippen LogP contribution >= 0.6 is 0 Å². The molecule has 0 aliphatic carbocycles. The largest absolute Gasteiger partial charge is 0.457 e. The number of rotatable bonds is 7. The summed E-state index contributed by atoms with van der Waals surface area (Å²) in [4.78, 5) is 12.4. The van der Waals surface area contributed by atoms with E-state index < -0.39 is 10.0 Å². The predicted molar refractivity (Wildman–Crippen MR) is 120 cm³/mol. The van der Waals surface area contributed by atoms with Gasteiger partial charge in [0, 0.05) is 5.69 Å². The van der Waals surface area contributed by atoms with E-state index in [0.717, 1.165) is 23.1 Å². The van der Waals surface area contributed by atoms with Gasteiger partial charge >= 0.3 is 0 Å². The van der Waals surface area contributed by atoms with Gasteiger partial charge in [0.1, 0.15) is 11.5 Å². The Balaban J connectivity index is 1.64. The number of amides is 1. The van der Waals surface area contributed by atoms with Crippen LogP contribution in [0.4, 0.5) is 11.4 Å². The van der Waals surface area contributed by atoms with Crippen molar-refractivity contribution in [2.45, 2.75) is 20.3 Å². The minimum Gasteiger partial charge on any atom is -0.457 e. The normalized spacial score (nSPS) is 11.0. The fourth-order valence-electron chi connectivity index (χ4n) is 3.09. The second-order valence-electron chi connectivity index (χ2n) is 7.21. The molecular formula is C23H24N2O4S. The molecule has 2 N–H and O–H groups in total. The summed E-state index contributed by atoms with van der Waals surface area (Å²) >= 11 is 0. The standard InChI is InChI=1S/C23H24N2O4S/c1-16-12-17(2)14-21(13-16)29-20-10-8-19(9-11-20)24-23(26)15-18-6-4-5-7-22(18)25-30(3,27)28/h4-14,25H,15H2,1-3H3,(H,24,26). The fraction of sp³-hybridized carbons (Fsp3) is 0.174. The third kappa shape index (κ3) is 6.35. The van der Waals surface area contributed by atoms with E-state index in [1.54, 1.807) is 48.5 Å². The minimum atomic E-state index is -3.43. The molecule has 0 fully saturated rings.